The third-order valence-electron chi connectivity index (χ3n) is 6.18. The fraction of sp³-hybridized carbons (Fsp3) is 0.654. The minimum absolute atomic E-state index is 0.0494. The number of rotatable bonds is 13. The molecule has 0 bridgehead atoms. The van der Waals surface area contributed by atoms with Gasteiger partial charge in [-0.2, -0.15) is 0 Å². The molecule has 1 rings (SSSR count). The first-order chi connectivity index (χ1) is 14.9. The van der Waals surface area contributed by atoms with Crippen molar-refractivity contribution >= 4 is 14.3 Å². The van der Waals surface area contributed by atoms with Crippen LogP contribution in [0.15, 0.2) is 35.9 Å². The number of ether oxygens (including phenoxy) is 3. The van der Waals surface area contributed by atoms with Gasteiger partial charge in [0.15, 0.2) is 8.32 Å². The van der Waals surface area contributed by atoms with Crippen LogP contribution in [0.1, 0.15) is 66.4 Å². The molecule has 0 aliphatic rings. The maximum Gasteiger partial charge on any atom is 0.306 e. The van der Waals surface area contributed by atoms with Gasteiger partial charge in [0.05, 0.1) is 32.5 Å². The second kappa shape index (κ2) is 13.2. The van der Waals surface area contributed by atoms with Crippen molar-refractivity contribution in [3.8, 4) is 5.75 Å². The second-order valence-electron chi connectivity index (χ2n) is 9.87. The average molecular weight is 465 g/mol. The van der Waals surface area contributed by atoms with Crippen molar-refractivity contribution in [3.63, 3.8) is 0 Å². The van der Waals surface area contributed by atoms with Gasteiger partial charge in [-0.15, -0.1) is 0 Å². The van der Waals surface area contributed by atoms with Crippen molar-refractivity contribution in [2.45, 2.75) is 97.8 Å². The number of carbonyl (C=O) groups is 1. The molecule has 0 saturated heterocycles. The molecule has 1 aromatic carbocycles. The molecule has 5 nitrogen and oxygen atoms in total. The van der Waals surface area contributed by atoms with E-state index in [1.54, 1.807) is 7.11 Å². The highest BCUT2D eigenvalue weighted by molar-refractivity contribution is 6.74. The van der Waals surface area contributed by atoms with Crippen molar-refractivity contribution in [3.05, 3.63) is 41.5 Å². The average Bonchev–Trinajstić information content (AvgIpc) is 2.73. The summed E-state index contributed by atoms with van der Waals surface area (Å²) < 4.78 is 23.3. The van der Waals surface area contributed by atoms with E-state index in [9.17, 15) is 4.79 Å². The van der Waals surface area contributed by atoms with Crippen LogP contribution in [0, 0.1) is 0 Å². The molecule has 1 aromatic rings. The van der Waals surface area contributed by atoms with Crippen LogP contribution in [-0.2, 0) is 25.3 Å². The molecule has 6 heteroatoms. The number of hydrogen-bond acceptors (Lipinski definition) is 5. The third kappa shape index (κ3) is 9.88. The number of hydrogen-bond donors (Lipinski definition) is 0. The van der Waals surface area contributed by atoms with E-state index in [1.165, 1.54) is 5.57 Å². The fourth-order valence-electron chi connectivity index (χ4n) is 2.90. The largest absolute Gasteiger partial charge is 0.497 e. The van der Waals surface area contributed by atoms with Gasteiger partial charge in [-0.3, -0.25) is 4.79 Å². The number of allylic oxidation sites excluding steroid dienone is 1. The lowest BCUT2D eigenvalue weighted by Crippen LogP contribution is -2.47. The minimum atomic E-state index is -1.97. The van der Waals surface area contributed by atoms with E-state index >= 15 is 0 Å². The van der Waals surface area contributed by atoms with Gasteiger partial charge in [0.25, 0.3) is 0 Å². The molecule has 0 saturated carbocycles. The molecule has 0 fully saturated rings. The van der Waals surface area contributed by atoms with Crippen LogP contribution in [0.3, 0.4) is 0 Å². The van der Waals surface area contributed by atoms with E-state index in [0.29, 0.717) is 26.1 Å². The number of carbonyl (C=O) groups excluding carboxylic acids is 1. The Morgan fingerprint density at radius 2 is 1.75 bits per heavy atom. The first-order valence-electron chi connectivity index (χ1n) is 11.6. The molecule has 0 aliphatic heterocycles. The van der Waals surface area contributed by atoms with E-state index in [4.69, 9.17) is 18.6 Å². The molecule has 0 spiro atoms. The second-order valence-corrected chi connectivity index (χ2v) is 14.6. The van der Waals surface area contributed by atoms with Crippen LogP contribution >= 0.6 is 0 Å². The summed E-state index contributed by atoms with van der Waals surface area (Å²) in [5, 5.41) is 0.115. The lowest BCUT2D eigenvalue weighted by Gasteiger charge is -2.40. The maximum absolute atomic E-state index is 11.7. The number of esters is 1. The van der Waals surface area contributed by atoms with Gasteiger partial charge in [0.2, 0.25) is 0 Å². The van der Waals surface area contributed by atoms with Crippen LogP contribution in [0.4, 0.5) is 0 Å². The van der Waals surface area contributed by atoms with Crippen molar-refractivity contribution < 1.29 is 23.4 Å². The molecule has 0 heterocycles. The molecular weight excluding hydrogens is 420 g/mol. The summed E-state index contributed by atoms with van der Waals surface area (Å²) in [5.41, 5.74) is 2.27. The number of benzene rings is 1. The third-order valence-corrected chi connectivity index (χ3v) is 10.7. The molecule has 32 heavy (non-hydrogen) atoms. The zero-order valence-electron chi connectivity index (χ0n) is 21.6. The Bertz CT molecular complexity index is 719. The smallest absolute Gasteiger partial charge is 0.306 e. The van der Waals surface area contributed by atoms with Crippen LogP contribution in [0.25, 0.3) is 0 Å². The quantitative estimate of drug-likeness (QED) is 0.185. The monoisotopic (exact) mass is 464 g/mol. The summed E-state index contributed by atoms with van der Waals surface area (Å²) in [6.45, 7) is 18.2. The van der Waals surface area contributed by atoms with E-state index in [0.717, 1.165) is 17.7 Å². The van der Waals surface area contributed by atoms with Crippen LogP contribution in [0.5, 0.6) is 5.75 Å². The Kier molecular flexibility index (Phi) is 11.7. The summed E-state index contributed by atoms with van der Waals surface area (Å²) in [6, 6.07) is 7.94. The molecule has 2 atom stereocenters. The molecule has 0 unspecified atom stereocenters. The highest BCUT2D eigenvalue weighted by Gasteiger charge is 2.40. The van der Waals surface area contributed by atoms with Gasteiger partial charge in [0, 0.05) is 6.42 Å². The predicted octanol–water partition coefficient (Wildman–Crippen LogP) is 6.67. The highest BCUT2D eigenvalue weighted by atomic mass is 28.4. The summed E-state index contributed by atoms with van der Waals surface area (Å²) in [6.07, 6.45) is 3.93. The minimum Gasteiger partial charge on any atom is -0.497 e. The molecule has 0 aromatic heterocycles. The van der Waals surface area contributed by atoms with E-state index in [2.05, 4.69) is 53.8 Å². The molecule has 0 radical (unpaired) electrons. The van der Waals surface area contributed by atoms with Gasteiger partial charge < -0.3 is 18.6 Å². The SMILES string of the molecule is CCOC(=O)CC/C(C)=C/C[C@H](O[Si](C)(C)C(C)(C)C)[C@H](C)OCc1ccc(OC)cc1. The van der Waals surface area contributed by atoms with Gasteiger partial charge in [0.1, 0.15) is 5.75 Å². The zero-order valence-corrected chi connectivity index (χ0v) is 22.6. The van der Waals surface area contributed by atoms with Gasteiger partial charge in [-0.05, 0) is 69.4 Å². The van der Waals surface area contributed by atoms with Crippen molar-refractivity contribution in [1.82, 2.24) is 0 Å². The fourth-order valence-corrected chi connectivity index (χ4v) is 4.30. The first-order valence-corrected chi connectivity index (χ1v) is 14.5. The lowest BCUT2D eigenvalue weighted by atomic mass is 10.1. The van der Waals surface area contributed by atoms with E-state index in [1.807, 2.05) is 31.2 Å². The Morgan fingerprint density at radius 3 is 2.28 bits per heavy atom. The Balaban J connectivity index is 2.83. The standard InChI is InChI=1S/C26H44O5Si/c1-10-29-25(27)18-12-20(2)11-17-24(31-32(8,9)26(4,5)6)21(3)30-19-22-13-15-23(28-7)16-14-22/h11,13-16,21,24H,10,12,17-19H2,1-9H3/b20-11+/t21-,24-/m0/s1. The molecule has 182 valence electrons. The molecule has 0 aliphatic carbocycles. The summed E-state index contributed by atoms with van der Waals surface area (Å²) >= 11 is 0. The highest BCUT2D eigenvalue weighted by Crippen LogP contribution is 2.38. The topological polar surface area (TPSA) is 54.0 Å². The Hall–Kier alpha value is -1.63. The molecule has 0 N–H and O–H groups in total. The van der Waals surface area contributed by atoms with E-state index in [-0.39, 0.29) is 23.2 Å². The molecular formula is C26H44O5Si. The van der Waals surface area contributed by atoms with Crippen LogP contribution in [-0.4, -0.2) is 40.2 Å². The summed E-state index contributed by atoms with van der Waals surface area (Å²) in [5.74, 6) is 0.690. The predicted molar refractivity (Wildman–Crippen MR) is 134 cm³/mol. The maximum atomic E-state index is 11.7. The summed E-state index contributed by atoms with van der Waals surface area (Å²) in [7, 11) is -0.305. The van der Waals surface area contributed by atoms with Crippen LogP contribution in [0.2, 0.25) is 18.1 Å². The van der Waals surface area contributed by atoms with Crippen molar-refractivity contribution in [1.29, 1.82) is 0 Å². The first kappa shape index (κ1) is 28.4. The van der Waals surface area contributed by atoms with Gasteiger partial charge in [-0.1, -0.05) is 44.6 Å². The van der Waals surface area contributed by atoms with E-state index < -0.39 is 8.32 Å². The molecule has 0 amide bonds. The van der Waals surface area contributed by atoms with Gasteiger partial charge >= 0.3 is 5.97 Å². The Morgan fingerprint density at radius 1 is 1.12 bits per heavy atom. The van der Waals surface area contributed by atoms with Crippen LogP contribution < -0.4 is 4.74 Å². The zero-order chi connectivity index (χ0) is 24.4. The lowest BCUT2D eigenvalue weighted by molar-refractivity contribution is -0.143. The van der Waals surface area contributed by atoms with Crippen molar-refractivity contribution in [2.75, 3.05) is 13.7 Å². The number of methoxy groups -OCH3 is 1. The summed E-state index contributed by atoms with van der Waals surface area (Å²) in [4.78, 5) is 11.7. The Labute approximate surface area is 196 Å². The normalized spacial score (nSPS) is 14.7. The van der Waals surface area contributed by atoms with Gasteiger partial charge in [-0.25, -0.2) is 0 Å². The van der Waals surface area contributed by atoms with Crippen molar-refractivity contribution in [2.24, 2.45) is 0 Å².